The zero-order valence-electron chi connectivity index (χ0n) is 15.8. The average molecular weight is 410 g/mol. The molecule has 2 heterocycles. The Labute approximate surface area is 168 Å². The van der Waals surface area contributed by atoms with Gasteiger partial charge in [0.1, 0.15) is 5.75 Å². The van der Waals surface area contributed by atoms with Gasteiger partial charge in [0.2, 0.25) is 0 Å². The Morgan fingerprint density at radius 1 is 1.11 bits per heavy atom. The molecule has 2 atom stereocenters. The quantitative estimate of drug-likeness (QED) is 0.583. The summed E-state index contributed by atoms with van der Waals surface area (Å²) in [6, 6.07) is 8.07. The number of likely N-dealkylation sites (tertiary alicyclic amines) is 1. The predicted molar refractivity (Wildman–Crippen MR) is 106 cm³/mol. The van der Waals surface area contributed by atoms with Crippen LogP contribution in [0.2, 0.25) is 0 Å². The fourth-order valence-electron chi connectivity index (χ4n) is 4.72. The molecular formula is C22H26F3NOS. The Balaban J connectivity index is 1.47. The first-order chi connectivity index (χ1) is 13.5. The molecule has 0 radical (unpaired) electrons. The first-order valence-corrected chi connectivity index (χ1v) is 11.0. The number of hydrogen-bond donors (Lipinski definition) is 0. The van der Waals surface area contributed by atoms with Crippen molar-refractivity contribution in [3.05, 3.63) is 52.2 Å². The highest BCUT2D eigenvalue weighted by atomic mass is 32.1. The van der Waals surface area contributed by atoms with Crippen molar-refractivity contribution in [2.45, 2.75) is 50.2 Å². The van der Waals surface area contributed by atoms with Gasteiger partial charge in [-0.05, 0) is 72.3 Å². The van der Waals surface area contributed by atoms with E-state index in [0.29, 0.717) is 30.2 Å². The Morgan fingerprint density at radius 3 is 2.64 bits per heavy atom. The van der Waals surface area contributed by atoms with Gasteiger partial charge in [0.25, 0.3) is 0 Å². The van der Waals surface area contributed by atoms with Gasteiger partial charge in [-0.3, -0.25) is 4.90 Å². The van der Waals surface area contributed by atoms with Gasteiger partial charge in [-0.1, -0.05) is 18.9 Å². The second-order valence-electron chi connectivity index (χ2n) is 7.98. The summed E-state index contributed by atoms with van der Waals surface area (Å²) in [7, 11) is 0. The molecule has 1 aromatic heterocycles. The number of ether oxygens (including phenoxy) is 1. The van der Waals surface area contributed by atoms with E-state index in [2.05, 4.69) is 21.7 Å². The second-order valence-corrected chi connectivity index (χ2v) is 8.76. The summed E-state index contributed by atoms with van der Waals surface area (Å²) in [5.41, 5.74) is 0.685. The first-order valence-electron chi connectivity index (χ1n) is 10.1. The van der Waals surface area contributed by atoms with Crippen LogP contribution in [0.3, 0.4) is 0 Å². The van der Waals surface area contributed by atoms with E-state index in [1.54, 1.807) is 17.4 Å². The van der Waals surface area contributed by atoms with Crippen LogP contribution in [0, 0.1) is 5.92 Å². The van der Waals surface area contributed by atoms with E-state index in [1.165, 1.54) is 37.3 Å². The van der Waals surface area contributed by atoms with Crippen LogP contribution in [0.5, 0.6) is 5.75 Å². The average Bonchev–Trinajstić information content (AvgIpc) is 3.39. The van der Waals surface area contributed by atoms with Crippen molar-refractivity contribution >= 4 is 11.3 Å². The van der Waals surface area contributed by atoms with Gasteiger partial charge >= 0.3 is 6.18 Å². The van der Waals surface area contributed by atoms with Crippen molar-refractivity contribution in [1.82, 2.24) is 4.90 Å². The van der Waals surface area contributed by atoms with E-state index in [0.717, 1.165) is 31.6 Å². The van der Waals surface area contributed by atoms with Crippen molar-refractivity contribution in [1.29, 1.82) is 0 Å². The summed E-state index contributed by atoms with van der Waals surface area (Å²) >= 11 is 1.70. The zero-order valence-corrected chi connectivity index (χ0v) is 16.6. The highest BCUT2D eigenvalue weighted by Crippen LogP contribution is 2.38. The van der Waals surface area contributed by atoms with E-state index >= 15 is 0 Å². The van der Waals surface area contributed by atoms with Crippen molar-refractivity contribution in [2.24, 2.45) is 5.92 Å². The highest BCUT2D eigenvalue weighted by molar-refractivity contribution is 7.07. The van der Waals surface area contributed by atoms with E-state index < -0.39 is 11.7 Å². The zero-order chi connectivity index (χ0) is 19.6. The summed E-state index contributed by atoms with van der Waals surface area (Å²) in [5.74, 6) is 1.00. The molecule has 28 heavy (non-hydrogen) atoms. The van der Waals surface area contributed by atoms with Crippen LogP contribution in [0.1, 0.15) is 49.1 Å². The highest BCUT2D eigenvalue weighted by Gasteiger charge is 2.35. The maximum absolute atomic E-state index is 13.0. The van der Waals surface area contributed by atoms with Gasteiger partial charge in [-0.2, -0.15) is 24.5 Å². The van der Waals surface area contributed by atoms with Crippen LogP contribution >= 0.6 is 11.3 Å². The van der Waals surface area contributed by atoms with Gasteiger partial charge < -0.3 is 4.74 Å². The molecule has 1 aromatic carbocycles. The van der Waals surface area contributed by atoms with E-state index in [1.807, 2.05) is 0 Å². The maximum Gasteiger partial charge on any atom is 0.416 e. The van der Waals surface area contributed by atoms with Crippen molar-refractivity contribution in [3.8, 4) is 5.75 Å². The van der Waals surface area contributed by atoms with Gasteiger partial charge in [0.05, 0.1) is 12.2 Å². The number of alkyl halides is 3. The fraction of sp³-hybridized carbons (Fsp3) is 0.545. The normalized spacial score (nSPS) is 24.5. The Bertz CT molecular complexity index is 755. The molecule has 0 spiro atoms. The summed E-state index contributed by atoms with van der Waals surface area (Å²) in [5, 5.41) is 4.30. The summed E-state index contributed by atoms with van der Waals surface area (Å²) in [6.07, 6.45) is 1.89. The van der Waals surface area contributed by atoms with Crippen LogP contribution in [-0.2, 0) is 6.18 Å². The summed E-state index contributed by atoms with van der Waals surface area (Å²) in [4.78, 5) is 2.59. The maximum atomic E-state index is 13.0. The van der Waals surface area contributed by atoms with Crippen LogP contribution in [-0.4, -0.2) is 30.6 Å². The van der Waals surface area contributed by atoms with Crippen molar-refractivity contribution in [3.63, 3.8) is 0 Å². The molecule has 0 bridgehead atoms. The first kappa shape index (κ1) is 19.8. The van der Waals surface area contributed by atoms with Gasteiger partial charge in [-0.15, -0.1) is 0 Å². The molecule has 2 nitrogen and oxygen atoms in total. The van der Waals surface area contributed by atoms with Crippen molar-refractivity contribution in [2.75, 3.05) is 19.7 Å². The third kappa shape index (κ3) is 4.54. The van der Waals surface area contributed by atoms with Gasteiger partial charge in [0, 0.05) is 18.5 Å². The molecule has 2 unspecified atom stereocenters. The number of nitrogens with zero attached hydrogens (tertiary/aromatic N) is 1. The molecule has 0 N–H and O–H groups in total. The number of rotatable bonds is 5. The molecule has 2 aliphatic rings. The largest absolute Gasteiger partial charge is 0.493 e. The van der Waals surface area contributed by atoms with Crippen LogP contribution < -0.4 is 4.74 Å². The minimum atomic E-state index is -4.34. The fourth-order valence-corrected chi connectivity index (χ4v) is 5.45. The summed E-state index contributed by atoms with van der Waals surface area (Å²) < 4.78 is 44.8. The molecule has 4 rings (SSSR count). The molecule has 2 aromatic rings. The number of hydrogen-bond acceptors (Lipinski definition) is 3. The van der Waals surface area contributed by atoms with Crippen LogP contribution in [0.15, 0.2) is 41.1 Å². The summed E-state index contributed by atoms with van der Waals surface area (Å²) in [6.45, 7) is 2.51. The lowest BCUT2D eigenvalue weighted by Gasteiger charge is -2.41. The molecule has 152 valence electrons. The van der Waals surface area contributed by atoms with E-state index in [9.17, 15) is 13.2 Å². The molecule has 2 fully saturated rings. The third-order valence-electron chi connectivity index (χ3n) is 6.20. The number of benzene rings is 1. The SMILES string of the molecule is FC(F)(F)c1cccc(OCC2CN(C3CCCC3)CCC2c2ccsc2)c1. The standard InChI is InChI=1S/C22H26F3NOS/c23-22(24,25)18-4-3-7-20(12-18)27-14-17-13-26(19-5-1-2-6-19)10-8-21(17)16-9-11-28-15-16/h3-4,7,9,11-12,15,17,19,21H,1-2,5-6,8,10,13-14H2. The minimum absolute atomic E-state index is 0.290. The topological polar surface area (TPSA) is 12.5 Å². The van der Waals surface area contributed by atoms with E-state index in [-0.39, 0.29) is 0 Å². The second kappa shape index (κ2) is 8.46. The number of thiophene rings is 1. The third-order valence-corrected chi connectivity index (χ3v) is 6.90. The lowest BCUT2D eigenvalue weighted by atomic mass is 9.81. The van der Waals surface area contributed by atoms with Crippen molar-refractivity contribution < 1.29 is 17.9 Å². The minimum Gasteiger partial charge on any atom is -0.493 e. The number of piperidine rings is 1. The molecule has 1 saturated carbocycles. The molecule has 0 amide bonds. The van der Waals surface area contributed by atoms with Gasteiger partial charge in [-0.25, -0.2) is 0 Å². The lowest BCUT2D eigenvalue weighted by molar-refractivity contribution is -0.137. The molecule has 1 saturated heterocycles. The van der Waals surface area contributed by atoms with E-state index in [4.69, 9.17) is 4.74 Å². The predicted octanol–water partition coefficient (Wildman–Crippen LogP) is 6.19. The molecule has 1 aliphatic heterocycles. The van der Waals surface area contributed by atoms with Gasteiger partial charge in [0.15, 0.2) is 0 Å². The Kier molecular flexibility index (Phi) is 5.97. The molecule has 6 heteroatoms. The Morgan fingerprint density at radius 2 is 1.93 bits per heavy atom. The smallest absolute Gasteiger partial charge is 0.416 e. The molecular weight excluding hydrogens is 383 g/mol. The monoisotopic (exact) mass is 409 g/mol. The van der Waals surface area contributed by atoms with Crippen LogP contribution in [0.4, 0.5) is 13.2 Å². The number of halogens is 3. The van der Waals surface area contributed by atoms with Crippen LogP contribution in [0.25, 0.3) is 0 Å². The Hall–Kier alpha value is -1.53. The molecule has 1 aliphatic carbocycles. The lowest BCUT2D eigenvalue weighted by Crippen LogP contribution is -2.46.